The Hall–Kier alpha value is -1.20. The molecule has 1 fully saturated rings. The number of methoxy groups -OCH3 is 1. The van der Waals surface area contributed by atoms with Crippen molar-refractivity contribution in [2.45, 2.75) is 18.9 Å². The van der Waals surface area contributed by atoms with Crippen molar-refractivity contribution in [2.75, 3.05) is 13.7 Å². The standard InChI is InChI=1S/C11H14ClN3O2/c1-6(17-2)7-5-14-10(16)9(7)8-3-4-13-11(12)15-8/h3-4,6-7,9H,5H2,1-2H3,(H,14,16)/t6-,7?,9-/m1/s1. The molecule has 6 heteroatoms. The van der Waals surface area contributed by atoms with Crippen molar-refractivity contribution >= 4 is 17.5 Å². The number of nitrogens with zero attached hydrogens (tertiary/aromatic N) is 2. The third kappa shape index (κ3) is 2.40. The summed E-state index contributed by atoms with van der Waals surface area (Å²) in [5.41, 5.74) is 0.647. The number of ether oxygens (including phenoxy) is 1. The van der Waals surface area contributed by atoms with Gasteiger partial charge in [0.2, 0.25) is 11.2 Å². The number of aromatic nitrogens is 2. The smallest absolute Gasteiger partial charge is 0.229 e. The highest BCUT2D eigenvalue weighted by atomic mass is 35.5. The van der Waals surface area contributed by atoms with Gasteiger partial charge in [-0.05, 0) is 24.6 Å². The van der Waals surface area contributed by atoms with E-state index in [1.807, 2.05) is 6.92 Å². The molecule has 1 saturated heterocycles. The van der Waals surface area contributed by atoms with Gasteiger partial charge in [0, 0.05) is 25.8 Å². The highest BCUT2D eigenvalue weighted by Gasteiger charge is 2.40. The summed E-state index contributed by atoms with van der Waals surface area (Å²) in [7, 11) is 1.64. The fourth-order valence-electron chi connectivity index (χ4n) is 2.13. The van der Waals surface area contributed by atoms with Gasteiger partial charge in [0.15, 0.2) is 0 Å². The Labute approximate surface area is 105 Å². The molecule has 1 aliphatic heterocycles. The lowest BCUT2D eigenvalue weighted by atomic mass is 9.88. The van der Waals surface area contributed by atoms with Gasteiger partial charge in [-0.2, -0.15) is 0 Å². The lowest BCUT2D eigenvalue weighted by molar-refractivity contribution is -0.121. The van der Waals surface area contributed by atoms with Crippen molar-refractivity contribution < 1.29 is 9.53 Å². The number of nitrogens with one attached hydrogen (secondary N) is 1. The van der Waals surface area contributed by atoms with Crippen LogP contribution in [0.4, 0.5) is 0 Å². The molecule has 0 aromatic carbocycles. The van der Waals surface area contributed by atoms with Crippen molar-refractivity contribution in [3.8, 4) is 0 Å². The number of carbonyl (C=O) groups is 1. The minimum atomic E-state index is -0.314. The number of rotatable bonds is 3. The monoisotopic (exact) mass is 255 g/mol. The van der Waals surface area contributed by atoms with E-state index in [2.05, 4.69) is 15.3 Å². The first-order valence-corrected chi connectivity index (χ1v) is 5.80. The third-order valence-corrected chi connectivity index (χ3v) is 3.35. The second-order valence-corrected chi connectivity index (χ2v) is 4.42. The van der Waals surface area contributed by atoms with E-state index in [1.54, 1.807) is 19.4 Å². The van der Waals surface area contributed by atoms with Gasteiger partial charge in [0.1, 0.15) is 0 Å². The van der Waals surface area contributed by atoms with E-state index in [4.69, 9.17) is 16.3 Å². The SMILES string of the molecule is CO[C@H](C)C1CNC(=O)[C@H]1c1ccnc(Cl)n1. The van der Waals surface area contributed by atoms with Crippen LogP contribution < -0.4 is 5.32 Å². The minimum absolute atomic E-state index is 0.0207. The molecule has 0 radical (unpaired) electrons. The van der Waals surface area contributed by atoms with Crippen LogP contribution in [0.15, 0.2) is 12.3 Å². The van der Waals surface area contributed by atoms with Gasteiger partial charge in [0.25, 0.3) is 0 Å². The van der Waals surface area contributed by atoms with E-state index in [9.17, 15) is 4.79 Å². The maximum Gasteiger partial charge on any atom is 0.229 e. The van der Waals surface area contributed by atoms with E-state index in [1.165, 1.54) is 0 Å². The van der Waals surface area contributed by atoms with E-state index >= 15 is 0 Å². The lowest BCUT2D eigenvalue weighted by Gasteiger charge is -2.21. The molecule has 1 amide bonds. The summed E-state index contributed by atoms with van der Waals surface area (Å²) >= 11 is 5.75. The highest BCUT2D eigenvalue weighted by molar-refractivity contribution is 6.28. The topological polar surface area (TPSA) is 64.1 Å². The van der Waals surface area contributed by atoms with E-state index in [0.717, 1.165) is 0 Å². The second-order valence-electron chi connectivity index (χ2n) is 4.08. The van der Waals surface area contributed by atoms with Gasteiger partial charge in [-0.1, -0.05) is 0 Å². The first-order valence-electron chi connectivity index (χ1n) is 5.42. The Kier molecular flexibility index (Phi) is 3.59. The summed E-state index contributed by atoms with van der Waals surface area (Å²) in [5, 5.41) is 2.99. The molecule has 17 heavy (non-hydrogen) atoms. The Morgan fingerprint density at radius 1 is 1.65 bits per heavy atom. The van der Waals surface area contributed by atoms with E-state index in [0.29, 0.717) is 12.2 Å². The number of halogens is 1. The van der Waals surface area contributed by atoms with Crippen molar-refractivity contribution in [3.63, 3.8) is 0 Å². The van der Waals surface area contributed by atoms with E-state index < -0.39 is 0 Å². The summed E-state index contributed by atoms with van der Waals surface area (Å²) in [6, 6.07) is 1.72. The minimum Gasteiger partial charge on any atom is -0.381 e. The molecule has 3 atom stereocenters. The Morgan fingerprint density at radius 2 is 2.41 bits per heavy atom. The van der Waals surface area contributed by atoms with Crippen LogP contribution in [0.3, 0.4) is 0 Å². The largest absolute Gasteiger partial charge is 0.381 e. The van der Waals surface area contributed by atoms with Gasteiger partial charge in [-0.3, -0.25) is 4.79 Å². The zero-order valence-corrected chi connectivity index (χ0v) is 10.4. The van der Waals surface area contributed by atoms with E-state index in [-0.39, 0.29) is 29.1 Å². The quantitative estimate of drug-likeness (QED) is 0.819. The number of amides is 1. The molecule has 1 N–H and O–H groups in total. The number of carbonyl (C=O) groups excluding carboxylic acids is 1. The maximum atomic E-state index is 11.8. The van der Waals surface area contributed by atoms with Crippen molar-refractivity contribution in [3.05, 3.63) is 23.2 Å². The molecule has 92 valence electrons. The molecule has 2 rings (SSSR count). The summed E-state index contributed by atoms with van der Waals surface area (Å²) < 4.78 is 5.30. The van der Waals surface area contributed by atoms with Crippen LogP contribution in [0, 0.1) is 5.92 Å². The van der Waals surface area contributed by atoms with Crippen molar-refractivity contribution in [1.82, 2.24) is 15.3 Å². The van der Waals surface area contributed by atoms with Gasteiger partial charge in [0.05, 0.1) is 17.7 Å². The molecule has 0 spiro atoms. The average Bonchev–Trinajstić information content (AvgIpc) is 2.70. The zero-order chi connectivity index (χ0) is 12.4. The first-order chi connectivity index (χ1) is 8.13. The molecule has 5 nitrogen and oxygen atoms in total. The van der Waals surface area contributed by atoms with Crippen LogP contribution in [0.2, 0.25) is 5.28 Å². The molecule has 1 aromatic rings. The second kappa shape index (κ2) is 4.98. The van der Waals surface area contributed by atoms with Crippen LogP contribution in [-0.2, 0) is 9.53 Å². The summed E-state index contributed by atoms with van der Waals surface area (Å²) in [6.07, 6.45) is 1.54. The highest BCUT2D eigenvalue weighted by Crippen LogP contribution is 2.31. The molecule has 1 aromatic heterocycles. The summed E-state index contributed by atoms with van der Waals surface area (Å²) in [6.45, 7) is 2.54. The van der Waals surface area contributed by atoms with Crippen LogP contribution in [0.1, 0.15) is 18.5 Å². The molecule has 0 saturated carbocycles. The predicted octanol–water partition coefficient (Wildman–Crippen LogP) is 0.994. The normalized spacial score (nSPS) is 25.7. The molecular formula is C11H14ClN3O2. The molecular weight excluding hydrogens is 242 g/mol. The van der Waals surface area contributed by atoms with Gasteiger partial charge < -0.3 is 10.1 Å². The van der Waals surface area contributed by atoms with Crippen molar-refractivity contribution in [2.24, 2.45) is 5.92 Å². The number of hydrogen-bond acceptors (Lipinski definition) is 4. The summed E-state index contributed by atoms with van der Waals surface area (Å²) in [4.78, 5) is 19.8. The average molecular weight is 256 g/mol. The lowest BCUT2D eigenvalue weighted by Crippen LogP contribution is -2.26. The Balaban J connectivity index is 2.30. The fourth-order valence-corrected chi connectivity index (χ4v) is 2.28. The first kappa shape index (κ1) is 12.3. The van der Waals surface area contributed by atoms with Gasteiger partial charge in [-0.25, -0.2) is 9.97 Å². The molecule has 0 aliphatic carbocycles. The molecule has 2 heterocycles. The Bertz CT molecular complexity index is 427. The van der Waals surface area contributed by atoms with Crippen LogP contribution in [-0.4, -0.2) is 35.6 Å². The van der Waals surface area contributed by atoms with Gasteiger partial charge in [-0.15, -0.1) is 0 Å². The molecule has 1 unspecified atom stereocenters. The predicted molar refractivity (Wildman–Crippen MR) is 62.8 cm³/mol. The number of hydrogen-bond donors (Lipinski definition) is 1. The maximum absolute atomic E-state index is 11.8. The van der Waals surface area contributed by atoms with Crippen molar-refractivity contribution in [1.29, 1.82) is 0 Å². The van der Waals surface area contributed by atoms with Crippen LogP contribution >= 0.6 is 11.6 Å². The molecule has 0 bridgehead atoms. The van der Waals surface area contributed by atoms with Crippen LogP contribution in [0.5, 0.6) is 0 Å². The molecule has 1 aliphatic rings. The Morgan fingerprint density at radius 3 is 3.06 bits per heavy atom. The fraction of sp³-hybridized carbons (Fsp3) is 0.545. The zero-order valence-electron chi connectivity index (χ0n) is 9.68. The summed E-state index contributed by atoms with van der Waals surface area (Å²) in [5.74, 6) is -0.280. The van der Waals surface area contributed by atoms with Crippen LogP contribution in [0.25, 0.3) is 0 Å². The third-order valence-electron chi connectivity index (χ3n) is 3.16. The van der Waals surface area contributed by atoms with Gasteiger partial charge >= 0.3 is 0 Å².